The van der Waals surface area contributed by atoms with Gasteiger partial charge in [-0.3, -0.25) is 0 Å². The lowest BCUT2D eigenvalue weighted by atomic mass is 10.0. The van der Waals surface area contributed by atoms with E-state index in [0.29, 0.717) is 10.7 Å². The highest BCUT2D eigenvalue weighted by Gasteiger charge is 2.10. The van der Waals surface area contributed by atoms with Gasteiger partial charge in [0.15, 0.2) is 0 Å². The monoisotopic (exact) mass is 437 g/mol. The molecule has 0 saturated heterocycles. The standard InChI is InChI=1S/C15H18FNO2.C6H5ClO.C2H6O/c1-10(12-5-7-13(16)8-6-12)9-14(17(3)4)11(2)15(18)19;7-5-1-3-6(8)4-2-5;1-3-2/h5-9H,1-4H3,(H,18,19);1-4,8H;1-2H3/b10-9+,14-11-;;. The molecule has 30 heavy (non-hydrogen) atoms. The Labute approximate surface area is 182 Å². The van der Waals surface area contributed by atoms with E-state index in [4.69, 9.17) is 21.8 Å². The van der Waals surface area contributed by atoms with E-state index in [1.54, 1.807) is 82.6 Å². The van der Waals surface area contributed by atoms with Gasteiger partial charge in [0, 0.05) is 39.0 Å². The Morgan fingerprint density at radius 3 is 1.87 bits per heavy atom. The van der Waals surface area contributed by atoms with Crippen LogP contribution in [-0.4, -0.2) is 49.4 Å². The van der Waals surface area contributed by atoms with Crippen molar-refractivity contribution in [1.29, 1.82) is 0 Å². The molecule has 0 amide bonds. The van der Waals surface area contributed by atoms with Crippen LogP contribution >= 0.6 is 11.6 Å². The van der Waals surface area contributed by atoms with Crippen LogP contribution in [0.4, 0.5) is 4.39 Å². The van der Waals surface area contributed by atoms with Crippen LogP contribution in [0.15, 0.2) is 65.9 Å². The smallest absolute Gasteiger partial charge is 0.333 e. The molecule has 2 N–H and O–H groups in total. The molecule has 0 fully saturated rings. The van der Waals surface area contributed by atoms with E-state index in [-0.39, 0.29) is 17.1 Å². The van der Waals surface area contributed by atoms with E-state index in [0.717, 1.165) is 11.1 Å². The Morgan fingerprint density at radius 2 is 1.50 bits per heavy atom. The lowest BCUT2D eigenvalue weighted by Gasteiger charge is -2.17. The summed E-state index contributed by atoms with van der Waals surface area (Å²) < 4.78 is 17.1. The molecule has 0 unspecified atom stereocenters. The lowest BCUT2D eigenvalue weighted by molar-refractivity contribution is -0.132. The van der Waals surface area contributed by atoms with Gasteiger partial charge in [0.25, 0.3) is 0 Å². The number of carbonyl (C=O) groups is 1. The van der Waals surface area contributed by atoms with E-state index in [1.807, 2.05) is 6.92 Å². The summed E-state index contributed by atoms with van der Waals surface area (Å²) in [7, 11) is 6.83. The molecule has 0 spiro atoms. The van der Waals surface area contributed by atoms with E-state index < -0.39 is 5.97 Å². The number of ether oxygens (including phenoxy) is 1. The Morgan fingerprint density at radius 1 is 1.03 bits per heavy atom. The molecule has 7 heteroatoms. The van der Waals surface area contributed by atoms with Crippen molar-refractivity contribution in [1.82, 2.24) is 4.90 Å². The van der Waals surface area contributed by atoms with Crippen molar-refractivity contribution in [3.8, 4) is 5.75 Å². The number of aliphatic carboxylic acids is 1. The molecule has 0 bridgehead atoms. The average molecular weight is 438 g/mol. The fourth-order valence-electron chi connectivity index (χ4n) is 2.12. The second-order valence-electron chi connectivity index (χ2n) is 6.43. The molecular formula is C23H29ClFNO4. The zero-order valence-corrected chi connectivity index (χ0v) is 18.9. The summed E-state index contributed by atoms with van der Waals surface area (Å²) in [6.45, 7) is 3.43. The summed E-state index contributed by atoms with van der Waals surface area (Å²) in [6, 6.07) is 12.5. The quantitative estimate of drug-likeness (QED) is 0.491. The van der Waals surface area contributed by atoms with Crippen molar-refractivity contribution in [2.45, 2.75) is 13.8 Å². The molecule has 2 aromatic carbocycles. The summed E-state index contributed by atoms with van der Waals surface area (Å²) in [5, 5.41) is 18.4. The third kappa shape index (κ3) is 10.6. The van der Waals surface area contributed by atoms with Crippen LogP contribution in [0.5, 0.6) is 5.75 Å². The van der Waals surface area contributed by atoms with Crippen LogP contribution in [0.2, 0.25) is 5.02 Å². The van der Waals surface area contributed by atoms with Gasteiger partial charge in [-0.1, -0.05) is 23.7 Å². The van der Waals surface area contributed by atoms with Gasteiger partial charge in [-0.05, 0) is 67.5 Å². The highest BCUT2D eigenvalue weighted by molar-refractivity contribution is 6.30. The minimum atomic E-state index is -0.952. The van der Waals surface area contributed by atoms with Gasteiger partial charge in [0.1, 0.15) is 11.6 Å². The van der Waals surface area contributed by atoms with Crippen LogP contribution in [0.1, 0.15) is 19.4 Å². The predicted octanol–water partition coefficient (Wildman–Crippen LogP) is 5.46. The number of phenolic OH excluding ortho intramolecular Hbond substituents is 1. The molecule has 0 atom stereocenters. The lowest BCUT2D eigenvalue weighted by Crippen LogP contribution is -2.15. The second-order valence-corrected chi connectivity index (χ2v) is 6.87. The zero-order chi connectivity index (χ0) is 23.3. The normalized spacial score (nSPS) is 11.3. The first kappa shape index (κ1) is 27.2. The van der Waals surface area contributed by atoms with Crippen LogP contribution in [0.25, 0.3) is 5.57 Å². The Kier molecular flexibility index (Phi) is 12.9. The maximum atomic E-state index is 12.9. The van der Waals surface area contributed by atoms with Crippen molar-refractivity contribution in [3.05, 3.63) is 82.3 Å². The molecule has 0 heterocycles. The molecule has 0 aliphatic heterocycles. The van der Waals surface area contributed by atoms with Crippen molar-refractivity contribution >= 4 is 23.1 Å². The molecule has 0 aliphatic carbocycles. The first-order chi connectivity index (χ1) is 14.0. The van der Waals surface area contributed by atoms with Crippen LogP contribution in [-0.2, 0) is 9.53 Å². The Balaban J connectivity index is 0.000000628. The van der Waals surface area contributed by atoms with Gasteiger partial charge in [-0.2, -0.15) is 0 Å². The Bertz CT molecular complexity index is 824. The van der Waals surface area contributed by atoms with E-state index in [9.17, 15) is 9.18 Å². The van der Waals surface area contributed by atoms with Crippen molar-refractivity contribution in [3.63, 3.8) is 0 Å². The molecular weight excluding hydrogens is 409 g/mol. The fraction of sp³-hybridized carbons (Fsp3) is 0.261. The second kappa shape index (κ2) is 14.2. The molecule has 2 aromatic rings. The number of halogens is 2. The third-order valence-corrected chi connectivity index (χ3v) is 3.92. The van der Waals surface area contributed by atoms with E-state index in [2.05, 4.69) is 4.74 Å². The van der Waals surface area contributed by atoms with Gasteiger partial charge in [-0.25, -0.2) is 9.18 Å². The zero-order valence-electron chi connectivity index (χ0n) is 18.1. The van der Waals surface area contributed by atoms with Crippen LogP contribution in [0, 0.1) is 5.82 Å². The minimum absolute atomic E-state index is 0.245. The topological polar surface area (TPSA) is 70.0 Å². The SMILES string of the molecule is C/C(C(=O)O)=C(\C=C(/C)c1ccc(F)cc1)N(C)C.COC.Oc1ccc(Cl)cc1. The third-order valence-electron chi connectivity index (χ3n) is 3.67. The predicted molar refractivity (Wildman–Crippen MR) is 120 cm³/mol. The van der Waals surface area contributed by atoms with E-state index in [1.165, 1.54) is 12.1 Å². The number of methoxy groups -OCH3 is 1. The summed E-state index contributed by atoms with van der Waals surface area (Å²) in [5.74, 6) is -0.997. The molecule has 5 nitrogen and oxygen atoms in total. The molecule has 0 aliphatic rings. The summed E-state index contributed by atoms with van der Waals surface area (Å²) in [5.41, 5.74) is 2.63. The number of aromatic hydroxyl groups is 1. The number of phenols is 1. The van der Waals surface area contributed by atoms with Crippen molar-refractivity contribution in [2.24, 2.45) is 0 Å². The van der Waals surface area contributed by atoms with Crippen molar-refractivity contribution in [2.75, 3.05) is 28.3 Å². The van der Waals surface area contributed by atoms with Crippen LogP contribution in [0.3, 0.4) is 0 Å². The van der Waals surface area contributed by atoms with Gasteiger partial charge >= 0.3 is 5.97 Å². The van der Waals surface area contributed by atoms with Crippen molar-refractivity contribution < 1.29 is 24.1 Å². The number of nitrogens with zero attached hydrogens (tertiary/aromatic N) is 1. The summed E-state index contributed by atoms with van der Waals surface area (Å²) in [4.78, 5) is 12.8. The number of carboxylic acid groups (broad SMARTS) is 1. The number of hydrogen-bond donors (Lipinski definition) is 2. The molecule has 0 saturated carbocycles. The number of allylic oxidation sites excluding steroid dienone is 2. The summed E-state index contributed by atoms with van der Waals surface area (Å²) >= 11 is 5.50. The first-order valence-corrected chi connectivity index (χ1v) is 9.31. The number of rotatable bonds is 4. The molecule has 2 rings (SSSR count). The largest absolute Gasteiger partial charge is 0.508 e. The molecule has 0 radical (unpaired) electrons. The van der Waals surface area contributed by atoms with Gasteiger partial charge in [0.05, 0.1) is 5.57 Å². The number of hydrogen-bond acceptors (Lipinski definition) is 4. The Hall–Kier alpha value is -2.83. The average Bonchev–Trinajstić information content (AvgIpc) is 2.69. The summed E-state index contributed by atoms with van der Waals surface area (Å²) in [6.07, 6.45) is 1.79. The number of carboxylic acids is 1. The number of benzene rings is 2. The van der Waals surface area contributed by atoms with E-state index >= 15 is 0 Å². The fourth-order valence-corrected chi connectivity index (χ4v) is 2.25. The maximum absolute atomic E-state index is 12.9. The van der Waals surface area contributed by atoms with Crippen LogP contribution < -0.4 is 0 Å². The first-order valence-electron chi connectivity index (χ1n) is 8.93. The highest BCUT2D eigenvalue weighted by atomic mass is 35.5. The highest BCUT2D eigenvalue weighted by Crippen LogP contribution is 2.19. The maximum Gasteiger partial charge on any atom is 0.333 e. The van der Waals surface area contributed by atoms with Gasteiger partial charge in [-0.15, -0.1) is 0 Å². The number of likely N-dealkylation sites (N-methyl/N-ethyl adjacent to an activating group) is 1. The molecule has 0 aromatic heterocycles. The molecule has 164 valence electrons. The minimum Gasteiger partial charge on any atom is -0.508 e. The van der Waals surface area contributed by atoms with Gasteiger partial charge < -0.3 is 19.8 Å². The van der Waals surface area contributed by atoms with Gasteiger partial charge in [0.2, 0.25) is 0 Å².